The second-order valence-corrected chi connectivity index (χ2v) is 3.69. The molecule has 0 atom stereocenters. The van der Waals surface area contributed by atoms with Gasteiger partial charge in [-0.05, 0) is 22.0 Å². The summed E-state index contributed by atoms with van der Waals surface area (Å²) in [6.45, 7) is 0. The lowest BCUT2D eigenvalue weighted by Gasteiger charge is -1.92. The molecule has 0 aliphatic carbocycles. The fourth-order valence-electron chi connectivity index (χ4n) is 1.03. The van der Waals surface area contributed by atoms with Crippen molar-refractivity contribution in [2.24, 2.45) is 7.05 Å². The van der Waals surface area contributed by atoms with Crippen LogP contribution in [0, 0.1) is 0 Å². The summed E-state index contributed by atoms with van der Waals surface area (Å²) in [7, 11) is 1.85. The minimum atomic E-state index is 0.446. The maximum absolute atomic E-state index is 5.79. The number of nitrogens with zero attached hydrogens (tertiary/aromatic N) is 3. The van der Waals surface area contributed by atoms with Crippen LogP contribution in [0.5, 0.6) is 0 Å². The SMILES string of the molecule is Cn1cc2cc(Br)c(Cl)nc2n1. The molecule has 2 aromatic heterocycles. The third-order valence-electron chi connectivity index (χ3n) is 1.52. The molecule has 0 radical (unpaired) electrons. The fourth-order valence-corrected chi connectivity index (χ4v) is 1.50. The first kappa shape index (κ1) is 8.01. The third kappa shape index (κ3) is 1.21. The Morgan fingerprint density at radius 2 is 2.33 bits per heavy atom. The van der Waals surface area contributed by atoms with E-state index in [4.69, 9.17) is 11.6 Å². The van der Waals surface area contributed by atoms with Crippen molar-refractivity contribution in [2.75, 3.05) is 0 Å². The van der Waals surface area contributed by atoms with Crippen molar-refractivity contribution in [1.82, 2.24) is 14.8 Å². The zero-order valence-electron chi connectivity index (χ0n) is 6.25. The fraction of sp³-hybridized carbons (Fsp3) is 0.143. The molecule has 0 fully saturated rings. The lowest BCUT2D eigenvalue weighted by atomic mass is 10.4. The number of aromatic nitrogens is 3. The van der Waals surface area contributed by atoms with Crippen LogP contribution in [0.4, 0.5) is 0 Å². The minimum Gasteiger partial charge on any atom is -0.273 e. The number of pyridine rings is 1. The van der Waals surface area contributed by atoms with Crippen LogP contribution in [0.25, 0.3) is 11.0 Å². The summed E-state index contributed by atoms with van der Waals surface area (Å²) < 4.78 is 2.50. The van der Waals surface area contributed by atoms with Crippen LogP contribution in [-0.2, 0) is 7.05 Å². The molecule has 0 aliphatic rings. The van der Waals surface area contributed by atoms with Gasteiger partial charge in [0.25, 0.3) is 0 Å². The Morgan fingerprint density at radius 3 is 3.08 bits per heavy atom. The molecule has 0 amide bonds. The third-order valence-corrected chi connectivity index (χ3v) is 2.64. The summed E-state index contributed by atoms with van der Waals surface area (Å²) in [4.78, 5) is 4.08. The van der Waals surface area contributed by atoms with Gasteiger partial charge in [-0.1, -0.05) is 11.6 Å². The van der Waals surface area contributed by atoms with Gasteiger partial charge in [-0.2, -0.15) is 5.10 Å². The zero-order chi connectivity index (χ0) is 8.72. The number of halogens is 2. The molecule has 0 N–H and O–H groups in total. The first-order valence-corrected chi connectivity index (χ1v) is 4.49. The Hall–Kier alpha value is -0.610. The molecule has 2 rings (SSSR count). The highest BCUT2D eigenvalue weighted by atomic mass is 79.9. The Balaban J connectivity index is 2.83. The van der Waals surface area contributed by atoms with E-state index in [1.807, 2.05) is 19.3 Å². The van der Waals surface area contributed by atoms with Gasteiger partial charge < -0.3 is 0 Å². The molecule has 2 heterocycles. The number of hydrogen-bond acceptors (Lipinski definition) is 2. The average molecular weight is 246 g/mol. The zero-order valence-corrected chi connectivity index (χ0v) is 8.59. The molecule has 0 spiro atoms. The topological polar surface area (TPSA) is 30.7 Å². The smallest absolute Gasteiger partial charge is 0.182 e. The van der Waals surface area contributed by atoms with Gasteiger partial charge in [0, 0.05) is 18.6 Å². The van der Waals surface area contributed by atoms with Crippen molar-refractivity contribution in [3.63, 3.8) is 0 Å². The molecular weight excluding hydrogens is 241 g/mol. The monoisotopic (exact) mass is 245 g/mol. The van der Waals surface area contributed by atoms with Gasteiger partial charge in [0.1, 0.15) is 5.15 Å². The van der Waals surface area contributed by atoms with E-state index in [1.165, 1.54) is 0 Å². The van der Waals surface area contributed by atoms with Gasteiger partial charge in [-0.15, -0.1) is 0 Å². The van der Waals surface area contributed by atoms with Gasteiger partial charge in [-0.25, -0.2) is 4.98 Å². The molecule has 0 bridgehead atoms. The van der Waals surface area contributed by atoms with Crippen molar-refractivity contribution in [3.05, 3.63) is 21.9 Å². The van der Waals surface area contributed by atoms with Gasteiger partial charge in [0.15, 0.2) is 5.65 Å². The van der Waals surface area contributed by atoms with Crippen molar-refractivity contribution >= 4 is 38.6 Å². The molecule has 0 aliphatic heterocycles. The molecular formula is C7H5BrClN3. The van der Waals surface area contributed by atoms with Crippen molar-refractivity contribution in [2.45, 2.75) is 0 Å². The van der Waals surface area contributed by atoms with E-state index in [9.17, 15) is 0 Å². The predicted octanol–water partition coefficient (Wildman–Crippen LogP) is 2.38. The summed E-state index contributed by atoms with van der Waals surface area (Å²) in [5.74, 6) is 0. The van der Waals surface area contributed by atoms with E-state index >= 15 is 0 Å². The molecule has 12 heavy (non-hydrogen) atoms. The summed E-state index contributed by atoms with van der Waals surface area (Å²) in [5, 5.41) is 5.54. The number of aryl methyl sites for hydroxylation is 1. The number of rotatable bonds is 0. The van der Waals surface area contributed by atoms with Gasteiger partial charge in [0.05, 0.1) is 4.47 Å². The summed E-state index contributed by atoms with van der Waals surface area (Å²) >= 11 is 9.08. The van der Waals surface area contributed by atoms with Gasteiger partial charge in [0.2, 0.25) is 0 Å². The highest BCUT2D eigenvalue weighted by Gasteiger charge is 2.04. The standard InChI is InChI=1S/C7H5BrClN3/c1-12-3-4-2-5(8)6(9)10-7(4)11-12/h2-3H,1H3. The molecule has 0 saturated carbocycles. The Kier molecular flexibility index (Phi) is 1.81. The molecule has 3 nitrogen and oxygen atoms in total. The summed E-state index contributed by atoms with van der Waals surface area (Å²) in [6.07, 6.45) is 1.89. The Bertz CT molecular complexity index is 398. The van der Waals surface area contributed by atoms with Crippen LogP contribution in [0.3, 0.4) is 0 Å². The van der Waals surface area contributed by atoms with E-state index in [-0.39, 0.29) is 0 Å². The maximum atomic E-state index is 5.79. The van der Waals surface area contributed by atoms with E-state index in [2.05, 4.69) is 26.0 Å². The molecule has 0 aromatic carbocycles. The number of hydrogen-bond donors (Lipinski definition) is 0. The minimum absolute atomic E-state index is 0.446. The Morgan fingerprint density at radius 1 is 1.58 bits per heavy atom. The predicted molar refractivity (Wildman–Crippen MR) is 51.2 cm³/mol. The first-order valence-electron chi connectivity index (χ1n) is 3.32. The molecule has 0 unspecified atom stereocenters. The van der Waals surface area contributed by atoms with Crippen LogP contribution in [0.15, 0.2) is 16.7 Å². The molecule has 0 saturated heterocycles. The van der Waals surface area contributed by atoms with Crippen LogP contribution in [0.2, 0.25) is 5.15 Å². The average Bonchev–Trinajstić information content (AvgIpc) is 2.30. The lowest BCUT2D eigenvalue weighted by Crippen LogP contribution is -1.86. The highest BCUT2D eigenvalue weighted by Crippen LogP contribution is 2.23. The normalized spacial score (nSPS) is 10.9. The quantitative estimate of drug-likeness (QED) is 0.668. The summed E-state index contributed by atoms with van der Waals surface area (Å²) in [6, 6.07) is 1.90. The van der Waals surface area contributed by atoms with Crippen LogP contribution in [-0.4, -0.2) is 14.8 Å². The van der Waals surface area contributed by atoms with Crippen LogP contribution < -0.4 is 0 Å². The molecule has 62 valence electrons. The number of fused-ring (bicyclic) bond motifs is 1. The Labute approximate surface area is 82.5 Å². The van der Waals surface area contributed by atoms with Crippen LogP contribution >= 0.6 is 27.5 Å². The highest BCUT2D eigenvalue weighted by molar-refractivity contribution is 9.10. The van der Waals surface area contributed by atoms with Crippen molar-refractivity contribution in [1.29, 1.82) is 0 Å². The first-order chi connectivity index (χ1) is 5.66. The van der Waals surface area contributed by atoms with Crippen molar-refractivity contribution in [3.8, 4) is 0 Å². The van der Waals surface area contributed by atoms with E-state index < -0.39 is 0 Å². The van der Waals surface area contributed by atoms with Crippen LogP contribution in [0.1, 0.15) is 0 Å². The largest absolute Gasteiger partial charge is 0.273 e. The van der Waals surface area contributed by atoms with Crippen molar-refractivity contribution < 1.29 is 0 Å². The van der Waals surface area contributed by atoms with Gasteiger partial charge >= 0.3 is 0 Å². The van der Waals surface area contributed by atoms with Gasteiger partial charge in [-0.3, -0.25) is 4.68 Å². The van der Waals surface area contributed by atoms with E-state index in [0.717, 1.165) is 9.86 Å². The molecule has 5 heteroatoms. The summed E-state index contributed by atoms with van der Waals surface area (Å²) in [5.41, 5.74) is 0.672. The van der Waals surface area contributed by atoms with E-state index in [0.29, 0.717) is 10.8 Å². The van der Waals surface area contributed by atoms with E-state index in [1.54, 1.807) is 4.68 Å². The second kappa shape index (κ2) is 2.71. The molecule has 2 aromatic rings. The lowest BCUT2D eigenvalue weighted by molar-refractivity contribution is 0.776. The maximum Gasteiger partial charge on any atom is 0.182 e. The second-order valence-electron chi connectivity index (χ2n) is 2.48.